The number of rotatable bonds is 2. The Labute approximate surface area is 110 Å². The summed E-state index contributed by atoms with van der Waals surface area (Å²) in [7, 11) is 0. The molecule has 0 fully saturated rings. The third-order valence-electron chi connectivity index (χ3n) is 2.87. The van der Waals surface area contributed by atoms with Crippen molar-refractivity contribution < 1.29 is 9.53 Å². The van der Waals surface area contributed by atoms with Gasteiger partial charge in [-0.25, -0.2) is 9.48 Å². The summed E-state index contributed by atoms with van der Waals surface area (Å²) in [5.74, 6) is 1.34. The van der Waals surface area contributed by atoms with E-state index in [0.29, 0.717) is 11.4 Å². The number of aryl methyl sites for hydroxylation is 1. The summed E-state index contributed by atoms with van der Waals surface area (Å²) < 4.78 is 7.00. The summed E-state index contributed by atoms with van der Waals surface area (Å²) in [6.07, 6.45) is 2.14. The number of nitrogens with zero attached hydrogens (tertiary/aromatic N) is 2. The first kappa shape index (κ1) is 11.6. The molecule has 1 aromatic heterocycles. The second-order valence-electron chi connectivity index (χ2n) is 4.24. The molecule has 1 aliphatic rings. The van der Waals surface area contributed by atoms with E-state index in [9.17, 15) is 4.79 Å². The molecular weight excluding hydrogens is 244 g/mol. The first-order valence-corrected chi connectivity index (χ1v) is 6.16. The average molecular weight is 258 g/mol. The minimum Gasteiger partial charge on any atom is -0.410 e. The van der Waals surface area contributed by atoms with E-state index in [-0.39, 0.29) is 0 Å². The van der Waals surface area contributed by atoms with Gasteiger partial charge in [0, 0.05) is 13.1 Å². The number of amides is 1. The van der Waals surface area contributed by atoms with E-state index in [1.807, 2.05) is 22.9 Å². The van der Waals surface area contributed by atoms with Crippen LogP contribution in [0.1, 0.15) is 6.42 Å². The molecule has 1 aliphatic heterocycles. The van der Waals surface area contributed by atoms with Gasteiger partial charge in [-0.3, -0.25) is 5.32 Å². The summed E-state index contributed by atoms with van der Waals surface area (Å²) in [5.41, 5.74) is 0.639. The molecule has 0 saturated heterocycles. The van der Waals surface area contributed by atoms with Gasteiger partial charge in [-0.05, 0) is 18.6 Å². The number of para-hydroxylation sites is 1. The summed E-state index contributed by atoms with van der Waals surface area (Å²) in [6, 6.07) is 8.94. The fourth-order valence-corrected chi connectivity index (χ4v) is 2.00. The van der Waals surface area contributed by atoms with E-state index >= 15 is 0 Å². The topological polar surface area (TPSA) is 68.2 Å². The molecule has 0 spiro atoms. The number of carbonyl (C=O) groups is 1. The highest BCUT2D eigenvalue weighted by Crippen LogP contribution is 2.24. The van der Waals surface area contributed by atoms with Crippen LogP contribution in [0, 0.1) is 0 Å². The van der Waals surface area contributed by atoms with Crippen molar-refractivity contribution in [2.45, 2.75) is 13.0 Å². The molecule has 2 N–H and O–H groups in total. The lowest BCUT2D eigenvalue weighted by Crippen LogP contribution is -2.21. The summed E-state index contributed by atoms with van der Waals surface area (Å²) in [6.45, 7) is 1.74. The van der Waals surface area contributed by atoms with Crippen LogP contribution in [-0.4, -0.2) is 22.4 Å². The van der Waals surface area contributed by atoms with Gasteiger partial charge < -0.3 is 10.1 Å². The van der Waals surface area contributed by atoms with Crippen molar-refractivity contribution in [2.24, 2.45) is 0 Å². The molecular formula is C13H14N4O2. The number of hydrogen-bond acceptors (Lipinski definition) is 4. The molecule has 0 aliphatic carbocycles. The van der Waals surface area contributed by atoms with Crippen LogP contribution in [0.25, 0.3) is 0 Å². The predicted molar refractivity (Wildman–Crippen MR) is 71.4 cm³/mol. The molecule has 1 amide bonds. The van der Waals surface area contributed by atoms with Gasteiger partial charge in [0.2, 0.25) is 0 Å². The van der Waals surface area contributed by atoms with Crippen molar-refractivity contribution in [3.63, 3.8) is 0 Å². The standard InChI is InChI=1S/C13H14N4O2/c18-13(19-10-5-2-1-3-6-10)16-11-9-15-17-8-4-7-14-12(11)17/h1-3,5-6,9,14H,4,7-8H2,(H,16,18). The van der Waals surface area contributed by atoms with Gasteiger partial charge in [0.25, 0.3) is 0 Å². The quantitative estimate of drug-likeness (QED) is 0.867. The third-order valence-corrected chi connectivity index (χ3v) is 2.87. The number of aromatic nitrogens is 2. The molecule has 2 heterocycles. The van der Waals surface area contributed by atoms with E-state index in [2.05, 4.69) is 15.7 Å². The molecule has 19 heavy (non-hydrogen) atoms. The average Bonchev–Trinajstić information content (AvgIpc) is 2.83. The number of carbonyl (C=O) groups excluding carboxylic acids is 1. The van der Waals surface area contributed by atoms with Gasteiger partial charge in [-0.1, -0.05) is 18.2 Å². The van der Waals surface area contributed by atoms with Crippen LogP contribution < -0.4 is 15.4 Å². The van der Waals surface area contributed by atoms with Crippen LogP contribution >= 0.6 is 0 Å². The minimum atomic E-state index is -0.519. The lowest BCUT2D eigenvalue weighted by atomic mass is 10.3. The second kappa shape index (κ2) is 5.01. The number of benzene rings is 1. The molecule has 1 aromatic carbocycles. The van der Waals surface area contributed by atoms with Crippen molar-refractivity contribution in [2.75, 3.05) is 17.2 Å². The Morgan fingerprint density at radius 3 is 3.05 bits per heavy atom. The summed E-state index contributed by atoms with van der Waals surface area (Å²) >= 11 is 0. The molecule has 0 atom stereocenters. The first-order valence-electron chi connectivity index (χ1n) is 6.16. The molecule has 0 bridgehead atoms. The predicted octanol–water partition coefficient (Wildman–Crippen LogP) is 2.31. The number of fused-ring (bicyclic) bond motifs is 1. The van der Waals surface area contributed by atoms with Crippen molar-refractivity contribution in [1.82, 2.24) is 9.78 Å². The minimum absolute atomic E-state index is 0.508. The Balaban J connectivity index is 1.68. The van der Waals surface area contributed by atoms with Crippen LogP contribution in [-0.2, 0) is 6.54 Å². The normalized spacial score (nSPS) is 13.3. The fourth-order valence-electron chi connectivity index (χ4n) is 2.00. The van der Waals surface area contributed by atoms with Crippen molar-refractivity contribution in [3.8, 4) is 5.75 Å². The molecule has 3 rings (SSSR count). The number of ether oxygens (including phenoxy) is 1. The number of nitrogens with one attached hydrogen (secondary N) is 2. The second-order valence-corrected chi connectivity index (χ2v) is 4.24. The van der Waals surface area contributed by atoms with Gasteiger partial charge in [0.05, 0.1) is 6.20 Å². The Morgan fingerprint density at radius 2 is 2.21 bits per heavy atom. The SMILES string of the molecule is O=C(Nc1cnn2c1NCCC2)Oc1ccccc1. The lowest BCUT2D eigenvalue weighted by molar-refractivity contribution is 0.215. The van der Waals surface area contributed by atoms with E-state index in [0.717, 1.165) is 25.3 Å². The van der Waals surface area contributed by atoms with Crippen molar-refractivity contribution >= 4 is 17.6 Å². The highest BCUT2D eigenvalue weighted by atomic mass is 16.6. The zero-order chi connectivity index (χ0) is 13.1. The Bertz CT molecular complexity index is 580. The van der Waals surface area contributed by atoms with Crippen molar-refractivity contribution in [3.05, 3.63) is 36.5 Å². The maximum Gasteiger partial charge on any atom is 0.417 e. The smallest absolute Gasteiger partial charge is 0.410 e. The monoisotopic (exact) mass is 258 g/mol. The molecule has 0 saturated carbocycles. The highest BCUT2D eigenvalue weighted by molar-refractivity contribution is 5.89. The maximum absolute atomic E-state index is 11.8. The third kappa shape index (κ3) is 2.52. The van der Waals surface area contributed by atoms with Crippen LogP contribution in [0.5, 0.6) is 5.75 Å². The Morgan fingerprint density at radius 1 is 1.37 bits per heavy atom. The van der Waals surface area contributed by atoms with Gasteiger partial charge >= 0.3 is 6.09 Å². The van der Waals surface area contributed by atoms with Gasteiger partial charge in [-0.15, -0.1) is 0 Å². The lowest BCUT2D eigenvalue weighted by Gasteiger charge is -2.16. The van der Waals surface area contributed by atoms with Crippen LogP contribution in [0.4, 0.5) is 16.3 Å². The zero-order valence-corrected chi connectivity index (χ0v) is 10.3. The Kier molecular flexibility index (Phi) is 3.06. The largest absolute Gasteiger partial charge is 0.417 e. The summed E-state index contributed by atoms with van der Waals surface area (Å²) in [5, 5.41) is 10.1. The highest BCUT2D eigenvalue weighted by Gasteiger charge is 2.16. The molecule has 0 unspecified atom stereocenters. The zero-order valence-electron chi connectivity index (χ0n) is 10.3. The Hall–Kier alpha value is -2.50. The van der Waals surface area contributed by atoms with E-state index in [4.69, 9.17) is 4.74 Å². The van der Waals surface area contributed by atoms with Gasteiger partial charge in [0.1, 0.15) is 17.3 Å². The summed E-state index contributed by atoms with van der Waals surface area (Å²) in [4.78, 5) is 11.8. The van der Waals surface area contributed by atoms with E-state index < -0.39 is 6.09 Å². The molecule has 6 nitrogen and oxygen atoms in total. The number of anilines is 2. The van der Waals surface area contributed by atoms with Crippen molar-refractivity contribution in [1.29, 1.82) is 0 Å². The van der Waals surface area contributed by atoms with E-state index in [1.165, 1.54) is 0 Å². The van der Waals surface area contributed by atoms with Gasteiger partial charge in [0.15, 0.2) is 0 Å². The molecule has 98 valence electrons. The molecule has 0 radical (unpaired) electrons. The van der Waals surface area contributed by atoms with E-state index in [1.54, 1.807) is 18.3 Å². The molecule has 6 heteroatoms. The number of hydrogen-bond donors (Lipinski definition) is 2. The fraction of sp³-hybridized carbons (Fsp3) is 0.231. The first-order chi connectivity index (χ1) is 9.33. The van der Waals surface area contributed by atoms with Gasteiger partial charge in [-0.2, -0.15) is 5.10 Å². The van der Waals surface area contributed by atoms with Crippen LogP contribution in [0.3, 0.4) is 0 Å². The maximum atomic E-state index is 11.8. The molecule has 2 aromatic rings. The van der Waals surface area contributed by atoms with Crippen LogP contribution in [0.15, 0.2) is 36.5 Å². The van der Waals surface area contributed by atoms with Crippen LogP contribution in [0.2, 0.25) is 0 Å².